The fraction of sp³-hybridized carbons (Fsp3) is 0.429. The van der Waals surface area contributed by atoms with Gasteiger partial charge >= 0.3 is 6.09 Å². The number of carbonyl (C=O) groups excluding carboxylic acids is 1. The van der Waals surface area contributed by atoms with Gasteiger partial charge < -0.3 is 15.3 Å². The largest absolute Gasteiger partial charge is 0.465 e. The van der Waals surface area contributed by atoms with Crippen LogP contribution in [0.3, 0.4) is 0 Å². The standard InChI is InChI=1S/C14H16N4O3/c1-10-2-3-11(16-8-10)17-12(19)14(9-15)4-6-18(7-5-14)13(20)21/h2-3,8H,4-7H2,1H3,(H,20,21)(H,16,17,19). The highest BCUT2D eigenvalue weighted by Crippen LogP contribution is 2.32. The molecule has 1 saturated heterocycles. The molecule has 2 amide bonds. The molecule has 1 fully saturated rings. The summed E-state index contributed by atoms with van der Waals surface area (Å²) >= 11 is 0. The van der Waals surface area contributed by atoms with E-state index in [-0.39, 0.29) is 25.9 Å². The molecule has 0 radical (unpaired) electrons. The Morgan fingerprint density at radius 1 is 1.43 bits per heavy atom. The Kier molecular flexibility index (Phi) is 4.08. The molecule has 0 spiro atoms. The first-order valence-electron chi connectivity index (χ1n) is 6.60. The maximum atomic E-state index is 12.3. The van der Waals surface area contributed by atoms with Gasteiger partial charge in [-0.3, -0.25) is 4.79 Å². The maximum Gasteiger partial charge on any atom is 0.407 e. The Balaban J connectivity index is 2.07. The first kappa shape index (κ1) is 14.8. The van der Waals surface area contributed by atoms with Gasteiger partial charge in [-0.1, -0.05) is 6.07 Å². The van der Waals surface area contributed by atoms with Crippen LogP contribution in [0.2, 0.25) is 0 Å². The number of hydrogen-bond acceptors (Lipinski definition) is 4. The van der Waals surface area contributed by atoms with Crippen molar-refractivity contribution < 1.29 is 14.7 Å². The second-order valence-corrected chi connectivity index (χ2v) is 5.14. The second-order valence-electron chi connectivity index (χ2n) is 5.14. The molecule has 110 valence electrons. The number of likely N-dealkylation sites (tertiary alicyclic amines) is 1. The molecule has 1 aromatic heterocycles. The number of nitrogens with zero attached hydrogens (tertiary/aromatic N) is 3. The quantitative estimate of drug-likeness (QED) is 0.859. The van der Waals surface area contributed by atoms with E-state index in [0.717, 1.165) is 5.56 Å². The summed E-state index contributed by atoms with van der Waals surface area (Å²) in [7, 11) is 0. The van der Waals surface area contributed by atoms with Gasteiger partial charge in [-0.2, -0.15) is 5.26 Å². The zero-order valence-corrected chi connectivity index (χ0v) is 11.7. The summed E-state index contributed by atoms with van der Waals surface area (Å²) in [6.07, 6.45) is 0.977. The molecule has 2 heterocycles. The minimum absolute atomic E-state index is 0.178. The fourth-order valence-electron chi connectivity index (χ4n) is 2.25. The van der Waals surface area contributed by atoms with E-state index in [4.69, 9.17) is 5.11 Å². The highest BCUT2D eigenvalue weighted by Gasteiger charge is 2.42. The van der Waals surface area contributed by atoms with Crippen molar-refractivity contribution in [2.24, 2.45) is 5.41 Å². The van der Waals surface area contributed by atoms with Crippen molar-refractivity contribution in [3.8, 4) is 6.07 Å². The van der Waals surface area contributed by atoms with Crippen molar-refractivity contribution in [2.75, 3.05) is 18.4 Å². The number of carbonyl (C=O) groups is 2. The lowest BCUT2D eigenvalue weighted by molar-refractivity contribution is -0.124. The highest BCUT2D eigenvalue weighted by molar-refractivity contribution is 5.96. The normalized spacial score (nSPS) is 16.9. The molecular weight excluding hydrogens is 272 g/mol. The SMILES string of the molecule is Cc1ccc(NC(=O)C2(C#N)CCN(C(=O)O)CC2)nc1. The fourth-order valence-corrected chi connectivity index (χ4v) is 2.25. The van der Waals surface area contributed by atoms with Crippen LogP contribution in [-0.4, -0.2) is 40.1 Å². The molecule has 2 rings (SSSR count). The van der Waals surface area contributed by atoms with E-state index in [1.165, 1.54) is 4.90 Å². The predicted molar refractivity (Wildman–Crippen MR) is 74.5 cm³/mol. The molecule has 0 aliphatic carbocycles. The number of carboxylic acid groups (broad SMARTS) is 1. The first-order valence-corrected chi connectivity index (χ1v) is 6.60. The third-order valence-corrected chi connectivity index (χ3v) is 3.69. The van der Waals surface area contributed by atoms with Gasteiger partial charge in [-0.05, 0) is 31.4 Å². The van der Waals surface area contributed by atoms with Crippen molar-refractivity contribution in [2.45, 2.75) is 19.8 Å². The van der Waals surface area contributed by atoms with Crippen LogP contribution < -0.4 is 5.32 Å². The van der Waals surface area contributed by atoms with Crippen LogP contribution in [0.25, 0.3) is 0 Å². The number of hydrogen-bond donors (Lipinski definition) is 2. The number of aryl methyl sites for hydroxylation is 1. The molecule has 0 saturated carbocycles. The predicted octanol–water partition coefficient (Wildman–Crippen LogP) is 1.61. The molecule has 1 aromatic rings. The molecule has 21 heavy (non-hydrogen) atoms. The molecule has 7 nitrogen and oxygen atoms in total. The van der Waals surface area contributed by atoms with E-state index >= 15 is 0 Å². The third-order valence-electron chi connectivity index (χ3n) is 3.69. The minimum atomic E-state index is -1.20. The van der Waals surface area contributed by atoms with Crippen LogP contribution in [-0.2, 0) is 4.79 Å². The smallest absolute Gasteiger partial charge is 0.407 e. The first-order chi connectivity index (χ1) is 9.97. The van der Waals surface area contributed by atoms with Gasteiger partial charge in [0.15, 0.2) is 0 Å². The number of piperidine rings is 1. The van der Waals surface area contributed by atoms with Gasteiger partial charge in [-0.25, -0.2) is 9.78 Å². The number of rotatable bonds is 2. The lowest BCUT2D eigenvalue weighted by Crippen LogP contribution is -2.47. The van der Waals surface area contributed by atoms with Gasteiger partial charge in [0, 0.05) is 19.3 Å². The van der Waals surface area contributed by atoms with Crippen molar-refractivity contribution in [1.82, 2.24) is 9.88 Å². The monoisotopic (exact) mass is 288 g/mol. The summed E-state index contributed by atoms with van der Waals surface area (Å²) in [5.41, 5.74) is -0.226. The average molecular weight is 288 g/mol. The van der Waals surface area contributed by atoms with Crippen LogP contribution in [0.1, 0.15) is 18.4 Å². The average Bonchev–Trinajstić information content (AvgIpc) is 2.49. The zero-order valence-electron chi connectivity index (χ0n) is 11.7. The summed E-state index contributed by atoms with van der Waals surface area (Å²) in [5, 5.41) is 20.9. The lowest BCUT2D eigenvalue weighted by atomic mass is 9.79. The van der Waals surface area contributed by atoms with Crippen LogP contribution in [0, 0.1) is 23.7 Å². The molecule has 0 aromatic carbocycles. The molecule has 7 heteroatoms. The van der Waals surface area contributed by atoms with Crippen molar-refractivity contribution in [3.05, 3.63) is 23.9 Å². The van der Waals surface area contributed by atoms with E-state index in [1.54, 1.807) is 12.3 Å². The molecule has 1 aliphatic heterocycles. The van der Waals surface area contributed by atoms with E-state index in [2.05, 4.69) is 10.3 Å². The zero-order chi connectivity index (χ0) is 15.5. The number of anilines is 1. The van der Waals surface area contributed by atoms with E-state index in [1.807, 2.05) is 19.1 Å². The maximum absolute atomic E-state index is 12.3. The van der Waals surface area contributed by atoms with Crippen LogP contribution in [0.5, 0.6) is 0 Å². The Hall–Kier alpha value is -2.62. The summed E-state index contributed by atoms with van der Waals surface area (Å²) in [5.74, 6) is -0.0349. The van der Waals surface area contributed by atoms with Gasteiger partial charge in [0.1, 0.15) is 11.2 Å². The Labute approximate surface area is 122 Å². The molecule has 0 bridgehead atoms. The number of amides is 2. The molecular formula is C14H16N4O3. The van der Waals surface area contributed by atoms with Crippen LogP contribution >= 0.6 is 0 Å². The molecule has 0 unspecified atom stereocenters. The number of nitriles is 1. The summed E-state index contributed by atoms with van der Waals surface area (Å²) < 4.78 is 0. The van der Waals surface area contributed by atoms with Gasteiger partial charge in [0.05, 0.1) is 6.07 Å². The Bertz CT molecular complexity index is 583. The molecule has 0 atom stereocenters. The number of nitrogens with one attached hydrogen (secondary N) is 1. The van der Waals surface area contributed by atoms with Gasteiger partial charge in [0.2, 0.25) is 5.91 Å². The Morgan fingerprint density at radius 2 is 2.10 bits per heavy atom. The van der Waals surface area contributed by atoms with Crippen LogP contribution in [0.4, 0.5) is 10.6 Å². The summed E-state index contributed by atoms with van der Waals surface area (Å²) in [4.78, 5) is 28.5. The lowest BCUT2D eigenvalue weighted by Gasteiger charge is -2.34. The second kappa shape index (κ2) is 5.79. The summed E-state index contributed by atoms with van der Waals surface area (Å²) in [6.45, 7) is 2.24. The van der Waals surface area contributed by atoms with E-state index in [0.29, 0.717) is 5.82 Å². The van der Waals surface area contributed by atoms with E-state index in [9.17, 15) is 14.9 Å². The summed E-state index contributed by atoms with van der Waals surface area (Å²) in [6, 6.07) is 5.53. The van der Waals surface area contributed by atoms with Crippen molar-refractivity contribution in [3.63, 3.8) is 0 Å². The molecule has 2 N–H and O–H groups in total. The van der Waals surface area contributed by atoms with Crippen molar-refractivity contribution >= 4 is 17.8 Å². The highest BCUT2D eigenvalue weighted by atomic mass is 16.4. The minimum Gasteiger partial charge on any atom is -0.465 e. The van der Waals surface area contributed by atoms with E-state index < -0.39 is 17.4 Å². The topological polar surface area (TPSA) is 106 Å². The number of pyridine rings is 1. The van der Waals surface area contributed by atoms with Crippen molar-refractivity contribution in [1.29, 1.82) is 5.26 Å². The Morgan fingerprint density at radius 3 is 2.57 bits per heavy atom. The third kappa shape index (κ3) is 3.11. The molecule has 1 aliphatic rings. The van der Waals surface area contributed by atoms with Gasteiger partial charge in [-0.15, -0.1) is 0 Å². The van der Waals surface area contributed by atoms with Crippen LogP contribution in [0.15, 0.2) is 18.3 Å². The number of aromatic nitrogens is 1. The van der Waals surface area contributed by atoms with Gasteiger partial charge in [0.25, 0.3) is 0 Å².